The van der Waals surface area contributed by atoms with Crippen LogP contribution in [0, 0.1) is 6.61 Å². The fraction of sp³-hybridized carbons (Fsp3) is 0.111. The molecule has 2 heteroatoms. The molecule has 57 valence electrons. The summed E-state index contributed by atoms with van der Waals surface area (Å²) in [7, 11) is 0. The largest absolute Gasteiger partial charge is 0.363 e. The van der Waals surface area contributed by atoms with Crippen molar-refractivity contribution in [1.29, 1.82) is 0 Å². The minimum absolute atomic E-state index is 0.458. The van der Waals surface area contributed by atoms with Gasteiger partial charge in [-0.1, -0.05) is 30.3 Å². The van der Waals surface area contributed by atoms with Gasteiger partial charge in [0.05, 0.1) is 6.61 Å². The Labute approximate surface area is 65.8 Å². The van der Waals surface area contributed by atoms with E-state index in [1.54, 1.807) is 0 Å². The molecule has 0 aliphatic heterocycles. The summed E-state index contributed by atoms with van der Waals surface area (Å²) in [6, 6.07) is 9.68. The van der Waals surface area contributed by atoms with E-state index < -0.39 is 0 Å². The Morgan fingerprint density at radius 3 is 2.64 bits per heavy atom. The number of hydrogen-bond acceptors (Lipinski definition) is 2. The normalized spacial score (nSPS) is 9.45. The van der Waals surface area contributed by atoms with Gasteiger partial charge in [0.15, 0.2) is 6.29 Å². The first-order valence-corrected chi connectivity index (χ1v) is 3.36. The molecule has 0 fully saturated rings. The van der Waals surface area contributed by atoms with Crippen molar-refractivity contribution in [2.24, 2.45) is 0 Å². The molecule has 0 aromatic heterocycles. The van der Waals surface area contributed by atoms with Crippen molar-refractivity contribution in [2.75, 3.05) is 0 Å². The minimum atomic E-state index is 0.458. The van der Waals surface area contributed by atoms with E-state index in [1.165, 1.54) is 0 Å². The molecule has 1 aromatic rings. The van der Waals surface area contributed by atoms with Crippen LogP contribution < -0.4 is 0 Å². The fourth-order valence-electron chi connectivity index (χ4n) is 0.758. The zero-order valence-corrected chi connectivity index (χ0v) is 6.07. The highest BCUT2D eigenvalue weighted by Gasteiger charge is 1.89. The summed E-state index contributed by atoms with van der Waals surface area (Å²) in [5, 5.41) is 0. The molecule has 0 aliphatic carbocycles. The summed E-state index contributed by atoms with van der Waals surface area (Å²) in [5.41, 5.74) is 1.06. The molecule has 0 saturated heterocycles. The third-order valence-electron chi connectivity index (χ3n) is 1.24. The number of hydrogen-bond donors (Lipinski definition) is 0. The summed E-state index contributed by atoms with van der Waals surface area (Å²) >= 11 is 0. The van der Waals surface area contributed by atoms with Crippen molar-refractivity contribution in [1.82, 2.24) is 0 Å². The Hall–Kier alpha value is -1.15. The van der Waals surface area contributed by atoms with E-state index in [9.17, 15) is 4.79 Å². The van der Waals surface area contributed by atoms with Crippen LogP contribution in [0.25, 0.3) is 0 Å². The molecule has 11 heavy (non-hydrogen) atoms. The lowest BCUT2D eigenvalue weighted by Gasteiger charge is -1.97. The van der Waals surface area contributed by atoms with Crippen LogP contribution in [0.3, 0.4) is 0 Å². The van der Waals surface area contributed by atoms with Gasteiger partial charge in [-0.25, -0.2) is 0 Å². The maximum absolute atomic E-state index is 9.81. The van der Waals surface area contributed by atoms with Gasteiger partial charge in [-0.15, -0.1) is 0 Å². The zero-order valence-electron chi connectivity index (χ0n) is 6.07. The number of rotatable bonds is 4. The zero-order chi connectivity index (χ0) is 7.94. The van der Waals surface area contributed by atoms with E-state index in [-0.39, 0.29) is 0 Å². The number of aldehydes is 1. The monoisotopic (exact) mass is 149 g/mol. The highest BCUT2D eigenvalue weighted by molar-refractivity contribution is 5.58. The lowest BCUT2D eigenvalue weighted by molar-refractivity contribution is -0.108. The van der Waals surface area contributed by atoms with Crippen LogP contribution in [-0.4, -0.2) is 6.29 Å². The second-order valence-corrected chi connectivity index (χ2v) is 2.07. The Kier molecular flexibility index (Phi) is 3.35. The molecule has 0 aliphatic rings. The quantitative estimate of drug-likeness (QED) is 0.479. The molecule has 1 radical (unpaired) electrons. The van der Waals surface area contributed by atoms with Crippen LogP contribution in [0.2, 0.25) is 0 Å². The third-order valence-corrected chi connectivity index (χ3v) is 1.24. The van der Waals surface area contributed by atoms with Gasteiger partial charge in [-0.3, -0.25) is 0 Å². The van der Waals surface area contributed by atoms with Crippen molar-refractivity contribution in [3.8, 4) is 0 Å². The van der Waals surface area contributed by atoms with E-state index >= 15 is 0 Å². The third kappa shape index (κ3) is 2.96. The fourth-order valence-corrected chi connectivity index (χ4v) is 0.758. The smallest absolute Gasteiger partial charge is 0.151 e. The molecule has 0 bridgehead atoms. The van der Waals surface area contributed by atoms with Gasteiger partial charge in [-0.05, 0) is 5.56 Å². The first-order chi connectivity index (χ1) is 5.43. The van der Waals surface area contributed by atoms with Gasteiger partial charge in [0.25, 0.3) is 0 Å². The van der Waals surface area contributed by atoms with Crippen molar-refractivity contribution in [2.45, 2.75) is 6.61 Å². The first kappa shape index (κ1) is 7.95. The highest BCUT2D eigenvalue weighted by Crippen LogP contribution is 2.00. The number of benzene rings is 1. The molecule has 1 rings (SSSR count). The standard InChI is InChI=1S/C9H9O2/c10-6-7-11-8-9-4-2-1-3-5-9/h1-7H,8H2. The predicted octanol–water partition coefficient (Wildman–Crippen LogP) is 1.56. The van der Waals surface area contributed by atoms with Crippen LogP contribution in [0.1, 0.15) is 5.56 Å². The van der Waals surface area contributed by atoms with Gasteiger partial charge in [0.2, 0.25) is 0 Å². The molecular formula is C9H9O2. The number of carbonyl (C=O) groups excluding carboxylic acids is 1. The van der Waals surface area contributed by atoms with Gasteiger partial charge in [0, 0.05) is 0 Å². The molecule has 0 spiro atoms. The molecule has 2 nitrogen and oxygen atoms in total. The lowest BCUT2D eigenvalue weighted by Crippen LogP contribution is -1.89. The highest BCUT2D eigenvalue weighted by atomic mass is 16.5. The Bertz CT molecular complexity index is 206. The SMILES string of the molecule is O=C[CH]OCc1ccccc1. The van der Waals surface area contributed by atoms with E-state index in [0.29, 0.717) is 12.9 Å². The molecule has 1 aromatic carbocycles. The second-order valence-electron chi connectivity index (χ2n) is 2.07. The van der Waals surface area contributed by atoms with Crippen LogP contribution in [0.15, 0.2) is 30.3 Å². The van der Waals surface area contributed by atoms with Crippen molar-refractivity contribution in [3.63, 3.8) is 0 Å². The Balaban J connectivity index is 2.33. The number of carbonyl (C=O) groups is 1. The van der Waals surface area contributed by atoms with E-state index in [0.717, 1.165) is 12.2 Å². The van der Waals surface area contributed by atoms with Crippen LogP contribution in [0.5, 0.6) is 0 Å². The van der Waals surface area contributed by atoms with Crippen LogP contribution >= 0.6 is 0 Å². The van der Waals surface area contributed by atoms with Gasteiger partial charge in [0.1, 0.15) is 6.61 Å². The molecular weight excluding hydrogens is 140 g/mol. The maximum Gasteiger partial charge on any atom is 0.151 e. The molecule has 0 saturated carbocycles. The van der Waals surface area contributed by atoms with Crippen molar-refractivity contribution >= 4 is 6.29 Å². The molecule has 0 unspecified atom stereocenters. The Morgan fingerprint density at radius 2 is 2.00 bits per heavy atom. The maximum atomic E-state index is 9.81. The number of ether oxygens (including phenoxy) is 1. The van der Waals surface area contributed by atoms with E-state index in [1.807, 2.05) is 30.3 Å². The average molecular weight is 149 g/mol. The predicted molar refractivity (Wildman–Crippen MR) is 41.6 cm³/mol. The summed E-state index contributed by atoms with van der Waals surface area (Å²) in [4.78, 5) is 9.81. The van der Waals surface area contributed by atoms with Crippen LogP contribution in [-0.2, 0) is 16.1 Å². The van der Waals surface area contributed by atoms with E-state index in [2.05, 4.69) is 0 Å². The topological polar surface area (TPSA) is 26.3 Å². The van der Waals surface area contributed by atoms with Gasteiger partial charge < -0.3 is 9.53 Å². The minimum Gasteiger partial charge on any atom is -0.363 e. The van der Waals surface area contributed by atoms with Crippen molar-refractivity contribution in [3.05, 3.63) is 42.5 Å². The molecule has 0 atom stereocenters. The van der Waals surface area contributed by atoms with Crippen molar-refractivity contribution < 1.29 is 9.53 Å². The van der Waals surface area contributed by atoms with Crippen LogP contribution in [0.4, 0.5) is 0 Å². The average Bonchev–Trinajstić information content (AvgIpc) is 2.07. The molecule has 0 amide bonds. The Morgan fingerprint density at radius 1 is 1.27 bits per heavy atom. The molecule has 0 N–H and O–H groups in total. The van der Waals surface area contributed by atoms with E-state index in [4.69, 9.17) is 4.74 Å². The summed E-state index contributed by atoms with van der Waals surface area (Å²) in [6.45, 7) is 1.60. The summed E-state index contributed by atoms with van der Waals surface area (Å²) < 4.78 is 4.88. The molecule has 0 heterocycles. The van der Waals surface area contributed by atoms with Gasteiger partial charge >= 0.3 is 0 Å². The summed E-state index contributed by atoms with van der Waals surface area (Å²) in [6.07, 6.45) is 0.628. The second kappa shape index (κ2) is 4.63. The summed E-state index contributed by atoms with van der Waals surface area (Å²) in [5.74, 6) is 0. The van der Waals surface area contributed by atoms with Gasteiger partial charge in [-0.2, -0.15) is 0 Å². The first-order valence-electron chi connectivity index (χ1n) is 3.36. The lowest BCUT2D eigenvalue weighted by atomic mass is 10.2.